The maximum absolute atomic E-state index is 13.0. The molecular formula is C19H17F3N2O4S. The molecular weight excluding hydrogens is 409 g/mol. The van der Waals surface area contributed by atoms with E-state index < -0.39 is 27.7 Å². The van der Waals surface area contributed by atoms with Crippen LogP contribution in [-0.2, 0) is 27.4 Å². The van der Waals surface area contributed by atoms with E-state index in [0.29, 0.717) is 12.7 Å². The molecule has 1 amide bonds. The van der Waals surface area contributed by atoms with Crippen LogP contribution in [0.25, 0.3) is 6.08 Å². The fourth-order valence-corrected chi connectivity index (χ4v) is 3.35. The molecule has 2 aromatic carbocycles. The highest BCUT2D eigenvalue weighted by molar-refractivity contribution is 7.92. The second-order valence-corrected chi connectivity index (χ2v) is 8.17. The Bertz CT molecular complexity index is 1080. The van der Waals surface area contributed by atoms with E-state index >= 15 is 0 Å². The molecule has 10 heteroatoms. The molecule has 2 aromatic rings. The van der Waals surface area contributed by atoms with Crippen molar-refractivity contribution in [2.75, 3.05) is 22.9 Å². The number of hydrogen-bond donors (Lipinski definition) is 2. The van der Waals surface area contributed by atoms with Gasteiger partial charge in [-0.05, 0) is 47.5 Å². The van der Waals surface area contributed by atoms with Gasteiger partial charge < -0.3 is 10.1 Å². The monoisotopic (exact) mass is 426 g/mol. The Hall–Kier alpha value is -3.01. The Balaban J connectivity index is 1.82. The van der Waals surface area contributed by atoms with Gasteiger partial charge in [0.2, 0.25) is 15.9 Å². The van der Waals surface area contributed by atoms with Crippen LogP contribution in [0, 0.1) is 0 Å². The Morgan fingerprint density at radius 1 is 1.14 bits per heavy atom. The smallest absolute Gasteiger partial charge is 0.416 e. The van der Waals surface area contributed by atoms with Gasteiger partial charge >= 0.3 is 6.18 Å². The summed E-state index contributed by atoms with van der Waals surface area (Å²) in [5.74, 6) is 0.0738. The number of fused-ring (bicyclic) bond motifs is 1. The number of alkyl halides is 3. The van der Waals surface area contributed by atoms with Crippen LogP contribution in [0.1, 0.15) is 16.7 Å². The van der Waals surface area contributed by atoms with Gasteiger partial charge in [0.25, 0.3) is 0 Å². The summed E-state index contributed by atoms with van der Waals surface area (Å²) >= 11 is 0. The highest BCUT2D eigenvalue weighted by Crippen LogP contribution is 2.34. The molecule has 0 saturated carbocycles. The first-order valence-electron chi connectivity index (χ1n) is 8.45. The molecule has 3 rings (SSSR count). The van der Waals surface area contributed by atoms with Gasteiger partial charge in [-0.15, -0.1) is 0 Å². The Morgan fingerprint density at radius 2 is 1.90 bits per heavy atom. The molecule has 0 aromatic heterocycles. The van der Waals surface area contributed by atoms with Gasteiger partial charge in [0, 0.05) is 12.5 Å². The van der Waals surface area contributed by atoms with E-state index in [-0.39, 0.29) is 11.4 Å². The molecule has 0 saturated heterocycles. The molecule has 1 heterocycles. The van der Waals surface area contributed by atoms with Crippen LogP contribution >= 0.6 is 0 Å². The average Bonchev–Trinajstić information content (AvgIpc) is 3.07. The summed E-state index contributed by atoms with van der Waals surface area (Å²) in [7, 11) is -3.76. The van der Waals surface area contributed by atoms with Crippen molar-refractivity contribution in [1.29, 1.82) is 0 Å². The minimum Gasteiger partial charge on any atom is -0.493 e. The molecule has 0 atom stereocenters. The number of benzene rings is 2. The van der Waals surface area contributed by atoms with Crippen molar-refractivity contribution >= 4 is 33.4 Å². The van der Waals surface area contributed by atoms with Crippen molar-refractivity contribution in [2.45, 2.75) is 12.6 Å². The molecule has 6 nitrogen and oxygen atoms in total. The van der Waals surface area contributed by atoms with Crippen LogP contribution in [0.15, 0.2) is 42.5 Å². The van der Waals surface area contributed by atoms with E-state index in [2.05, 4.69) is 10.0 Å². The predicted octanol–water partition coefficient (Wildman–Crippen LogP) is 3.66. The van der Waals surface area contributed by atoms with Crippen molar-refractivity contribution in [3.05, 3.63) is 59.2 Å². The summed E-state index contributed by atoms with van der Waals surface area (Å²) in [6, 6.07) is 7.73. The summed E-state index contributed by atoms with van der Waals surface area (Å²) in [4.78, 5) is 12.2. The second-order valence-electron chi connectivity index (χ2n) is 6.42. The first kappa shape index (κ1) is 20.7. The number of carbonyl (C=O) groups excluding carboxylic acids is 1. The highest BCUT2D eigenvalue weighted by Gasteiger charge is 2.31. The zero-order valence-corrected chi connectivity index (χ0v) is 16.0. The van der Waals surface area contributed by atoms with Gasteiger partial charge in [-0.3, -0.25) is 9.52 Å². The fraction of sp³-hybridized carbons (Fsp3) is 0.211. The standard InChI is InChI=1S/C19H17F3N2O4S/c1-29(26,27)24-15-5-4-14(19(20,21)22)11-16(15)23-18(25)7-3-12-2-6-17-13(10-12)8-9-28-17/h2-7,10-11,24H,8-9H2,1H3,(H,23,25). The van der Waals surface area contributed by atoms with E-state index in [9.17, 15) is 26.4 Å². The van der Waals surface area contributed by atoms with Crippen LogP contribution in [0.2, 0.25) is 0 Å². The number of anilines is 2. The molecule has 0 radical (unpaired) electrons. The van der Waals surface area contributed by atoms with Crippen molar-refractivity contribution in [2.24, 2.45) is 0 Å². The Labute approximate surface area is 165 Å². The lowest BCUT2D eigenvalue weighted by molar-refractivity contribution is -0.137. The number of sulfonamides is 1. The molecule has 154 valence electrons. The number of ether oxygens (including phenoxy) is 1. The van der Waals surface area contributed by atoms with E-state index in [1.807, 2.05) is 6.07 Å². The third-order valence-corrected chi connectivity index (χ3v) is 4.63. The van der Waals surface area contributed by atoms with Crippen LogP contribution in [0.4, 0.5) is 24.5 Å². The van der Waals surface area contributed by atoms with E-state index in [0.717, 1.165) is 47.8 Å². The van der Waals surface area contributed by atoms with Gasteiger partial charge in [0.1, 0.15) is 5.75 Å². The second kappa shape index (κ2) is 7.78. The Kier molecular flexibility index (Phi) is 5.56. The van der Waals surface area contributed by atoms with Gasteiger partial charge in [-0.25, -0.2) is 8.42 Å². The first-order chi connectivity index (χ1) is 13.5. The minimum atomic E-state index is -4.65. The molecule has 0 unspecified atom stereocenters. The largest absolute Gasteiger partial charge is 0.493 e. The van der Waals surface area contributed by atoms with Gasteiger partial charge in [0.05, 0.1) is 29.8 Å². The zero-order valence-electron chi connectivity index (χ0n) is 15.2. The van der Waals surface area contributed by atoms with Crippen LogP contribution in [0.3, 0.4) is 0 Å². The third-order valence-electron chi connectivity index (χ3n) is 4.04. The van der Waals surface area contributed by atoms with Crippen LogP contribution in [-0.4, -0.2) is 27.2 Å². The lowest BCUT2D eigenvalue weighted by atomic mass is 10.1. The highest BCUT2D eigenvalue weighted by atomic mass is 32.2. The zero-order chi connectivity index (χ0) is 21.2. The average molecular weight is 426 g/mol. The number of carbonyl (C=O) groups is 1. The number of hydrogen-bond acceptors (Lipinski definition) is 4. The lowest BCUT2D eigenvalue weighted by Crippen LogP contribution is -2.16. The van der Waals surface area contributed by atoms with Gasteiger partial charge in [-0.1, -0.05) is 6.07 Å². The maximum atomic E-state index is 13.0. The first-order valence-corrected chi connectivity index (χ1v) is 10.3. The Morgan fingerprint density at radius 3 is 2.59 bits per heavy atom. The van der Waals surface area contributed by atoms with Crippen molar-refractivity contribution in [3.8, 4) is 5.75 Å². The number of rotatable bonds is 5. The van der Waals surface area contributed by atoms with E-state index in [1.54, 1.807) is 12.1 Å². The summed E-state index contributed by atoms with van der Waals surface area (Å²) in [6.45, 7) is 0.592. The lowest BCUT2D eigenvalue weighted by Gasteiger charge is -2.14. The quantitative estimate of drug-likeness (QED) is 0.715. The summed E-state index contributed by atoms with van der Waals surface area (Å²) in [5, 5.41) is 2.29. The predicted molar refractivity (Wildman–Crippen MR) is 103 cm³/mol. The molecule has 2 N–H and O–H groups in total. The molecule has 0 aliphatic carbocycles. The van der Waals surface area contributed by atoms with E-state index in [4.69, 9.17) is 4.74 Å². The fourth-order valence-electron chi connectivity index (χ4n) is 2.77. The minimum absolute atomic E-state index is 0.170. The molecule has 1 aliphatic rings. The topological polar surface area (TPSA) is 84.5 Å². The molecule has 29 heavy (non-hydrogen) atoms. The SMILES string of the molecule is CS(=O)(=O)Nc1ccc(C(F)(F)F)cc1NC(=O)C=Cc1ccc2c(c1)CCO2. The van der Waals surface area contributed by atoms with Gasteiger partial charge in [0.15, 0.2) is 0 Å². The summed E-state index contributed by atoms with van der Waals surface area (Å²) < 4.78 is 69.3. The summed E-state index contributed by atoms with van der Waals surface area (Å²) in [6.07, 6.45) is -0.375. The normalized spacial score (nSPS) is 13.8. The maximum Gasteiger partial charge on any atom is 0.416 e. The van der Waals surface area contributed by atoms with E-state index in [1.165, 1.54) is 6.08 Å². The number of amides is 1. The van der Waals surface area contributed by atoms with Crippen LogP contribution in [0.5, 0.6) is 5.75 Å². The number of nitrogens with one attached hydrogen (secondary N) is 2. The molecule has 0 spiro atoms. The molecule has 0 bridgehead atoms. The number of halogens is 3. The van der Waals surface area contributed by atoms with Crippen molar-refractivity contribution in [1.82, 2.24) is 0 Å². The van der Waals surface area contributed by atoms with Gasteiger partial charge in [-0.2, -0.15) is 13.2 Å². The molecule has 0 fully saturated rings. The molecule has 1 aliphatic heterocycles. The third kappa shape index (κ3) is 5.50. The summed E-state index contributed by atoms with van der Waals surface area (Å²) in [5.41, 5.74) is 0.238. The van der Waals surface area contributed by atoms with Crippen LogP contribution < -0.4 is 14.8 Å². The van der Waals surface area contributed by atoms with Crippen molar-refractivity contribution in [3.63, 3.8) is 0 Å². The van der Waals surface area contributed by atoms with Crippen molar-refractivity contribution < 1.29 is 31.1 Å².